The van der Waals surface area contributed by atoms with Crippen LogP contribution in [0.5, 0.6) is 0 Å². The van der Waals surface area contributed by atoms with E-state index in [9.17, 15) is 23.3 Å². The molecule has 0 fully saturated rings. The predicted octanol–water partition coefficient (Wildman–Crippen LogP) is 3.24. The van der Waals surface area contributed by atoms with Gasteiger partial charge in [-0.1, -0.05) is 24.3 Å². The lowest BCUT2D eigenvalue weighted by molar-refractivity contribution is -0.384. The molecule has 1 N–H and O–H groups in total. The third kappa shape index (κ3) is 5.32. The number of nitrogens with one attached hydrogen (secondary N) is 1. The quantitative estimate of drug-likeness (QED) is 0.547. The number of hydrogen-bond acceptors (Lipinski definition) is 5. The number of anilines is 1. The normalized spacial score (nSPS) is 13.4. The average Bonchev–Trinajstić information content (AvgIpc) is 2.63. The van der Waals surface area contributed by atoms with Gasteiger partial charge < -0.3 is 5.32 Å². The Balaban J connectivity index is 2.30. The highest BCUT2D eigenvalue weighted by atomic mass is 32.2. The van der Waals surface area contributed by atoms with E-state index in [2.05, 4.69) is 5.32 Å². The van der Waals surface area contributed by atoms with Gasteiger partial charge in [0.05, 0.1) is 22.9 Å². The zero-order valence-electron chi connectivity index (χ0n) is 17.0. The molecule has 0 radical (unpaired) electrons. The molecule has 0 heterocycles. The van der Waals surface area contributed by atoms with E-state index in [1.54, 1.807) is 0 Å². The molecular formula is C20H25N3O5S. The molecule has 0 aromatic heterocycles. The fourth-order valence-electron chi connectivity index (χ4n) is 3.00. The summed E-state index contributed by atoms with van der Waals surface area (Å²) in [6.45, 7) is 7.23. The van der Waals surface area contributed by atoms with E-state index in [0.717, 1.165) is 33.3 Å². The van der Waals surface area contributed by atoms with Crippen molar-refractivity contribution >= 4 is 27.3 Å². The minimum Gasteiger partial charge on any atom is -0.348 e. The van der Waals surface area contributed by atoms with E-state index in [0.29, 0.717) is 0 Å². The first kappa shape index (κ1) is 22.4. The highest BCUT2D eigenvalue weighted by molar-refractivity contribution is 7.92. The van der Waals surface area contributed by atoms with Crippen molar-refractivity contribution in [2.24, 2.45) is 0 Å². The number of rotatable bonds is 7. The van der Waals surface area contributed by atoms with Crippen molar-refractivity contribution in [1.82, 2.24) is 5.32 Å². The van der Waals surface area contributed by atoms with Crippen molar-refractivity contribution in [3.63, 3.8) is 0 Å². The van der Waals surface area contributed by atoms with Crippen LogP contribution in [0.25, 0.3) is 0 Å². The first-order chi connectivity index (χ1) is 13.4. The Morgan fingerprint density at radius 3 is 2.31 bits per heavy atom. The molecule has 0 saturated heterocycles. The Kier molecular flexibility index (Phi) is 6.63. The van der Waals surface area contributed by atoms with Crippen LogP contribution >= 0.6 is 0 Å². The lowest BCUT2D eigenvalue weighted by Gasteiger charge is -2.29. The Labute approximate surface area is 170 Å². The number of sulfonamides is 1. The molecule has 0 aliphatic carbocycles. The lowest BCUT2D eigenvalue weighted by Crippen LogP contribution is -2.48. The third-order valence-electron chi connectivity index (χ3n) is 4.77. The Hall–Kier alpha value is -2.94. The molecule has 156 valence electrons. The maximum Gasteiger partial charge on any atom is 0.271 e. The number of benzene rings is 2. The number of nitrogens with zero attached hydrogens (tertiary/aromatic N) is 2. The molecule has 0 unspecified atom stereocenters. The fourth-order valence-corrected chi connectivity index (χ4v) is 4.17. The summed E-state index contributed by atoms with van der Waals surface area (Å²) in [6.07, 6.45) is 0.961. The number of nitro groups is 1. The summed E-state index contributed by atoms with van der Waals surface area (Å²) in [5.74, 6) is -0.507. The SMILES string of the molecule is Cc1ccc([C@H](C)NC(=O)[C@H](C)N(c2cccc([N+](=O)[O-])c2)S(C)(=O)=O)cc1C. The monoisotopic (exact) mass is 419 g/mol. The Morgan fingerprint density at radius 2 is 1.76 bits per heavy atom. The highest BCUT2D eigenvalue weighted by Gasteiger charge is 2.30. The van der Waals surface area contributed by atoms with E-state index in [1.165, 1.54) is 25.1 Å². The molecule has 9 heteroatoms. The molecule has 0 bridgehead atoms. The molecule has 2 aromatic rings. The van der Waals surface area contributed by atoms with Crippen LogP contribution in [0.4, 0.5) is 11.4 Å². The van der Waals surface area contributed by atoms with Crippen molar-refractivity contribution in [3.05, 3.63) is 69.3 Å². The number of aryl methyl sites for hydroxylation is 2. The molecular weight excluding hydrogens is 394 g/mol. The third-order valence-corrected chi connectivity index (χ3v) is 6.01. The molecule has 0 aliphatic heterocycles. The van der Waals surface area contributed by atoms with Gasteiger partial charge in [0.1, 0.15) is 6.04 Å². The molecule has 2 atom stereocenters. The Bertz CT molecular complexity index is 1040. The van der Waals surface area contributed by atoms with Crippen LogP contribution < -0.4 is 9.62 Å². The van der Waals surface area contributed by atoms with Crippen LogP contribution in [-0.4, -0.2) is 31.5 Å². The van der Waals surface area contributed by atoms with Gasteiger partial charge in [-0.05, 0) is 50.5 Å². The van der Waals surface area contributed by atoms with Crippen LogP contribution in [-0.2, 0) is 14.8 Å². The van der Waals surface area contributed by atoms with Gasteiger partial charge in [-0.15, -0.1) is 0 Å². The smallest absolute Gasteiger partial charge is 0.271 e. The number of hydrogen-bond donors (Lipinski definition) is 1. The maximum atomic E-state index is 12.8. The second-order valence-corrected chi connectivity index (χ2v) is 8.95. The van der Waals surface area contributed by atoms with Crippen molar-refractivity contribution in [2.45, 2.75) is 39.8 Å². The van der Waals surface area contributed by atoms with Gasteiger partial charge in [0.2, 0.25) is 15.9 Å². The summed E-state index contributed by atoms with van der Waals surface area (Å²) >= 11 is 0. The topological polar surface area (TPSA) is 110 Å². The van der Waals surface area contributed by atoms with E-state index in [-0.39, 0.29) is 17.4 Å². The van der Waals surface area contributed by atoms with Crippen molar-refractivity contribution < 1.29 is 18.1 Å². The minimum absolute atomic E-state index is 0.0585. The van der Waals surface area contributed by atoms with Gasteiger partial charge >= 0.3 is 0 Å². The number of carbonyl (C=O) groups is 1. The number of amides is 1. The number of non-ortho nitro benzene ring substituents is 1. The number of nitro benzene ring substituents is 1. The summed E-state index contributed by atoms with van der Waals surface area (Å²) < 4.78 is 25.6. The summed E-state index contributed by atoms with van der Waals surface area (Å²) in [5.41, 5.74) is 2.92. The number of carbonyl (C=O) groups excluding carboxylic acids is 1. The van der Waals surface area contributed by atoms with Crippen molar-refractivity contribution in [1.29, 1.82) is 0 Å². The van der Waals surface area contributed by atoms with E-state index in [1.807, 2.05) is 39.0 Å². The molecule has 0 saturated carbocycles. The predicted molar refractivity (Wildman–Crippen MR) is 112 cm³/mol. The van der Waals surface area contributed by atoms with Gasteiger partial charge in [0.15, 0.2) is 0 Å². The second-order valence-electron chi connectivity index (χ2n) is 7.09. The van der Waals surface area contributed by atoms with E-state index < -0.39 is 26.9 Å². The van der Waals surface area contributed by atoms with E-state index >= 15 is 0 Å². The van der Waals surface area contributed by atoms with E-state index in [4.69, 9.17) is 0 Å². The molecule has 0 spiro atoms. The molecule has 1 amide bonds. The first-order valence-corrected chi connectivity index (χ1v) is 10.9. The minimum atomic E-state index is -3.87. The standard InChI is InChI=1S/C20H25N3O5S/c1-13-9-10-17(11-14(13)2)15(3)21-20(24)16(4)22(29(5,27)28)18-7-6-8-19(12-18)23(25)26/h6-12,15-16H,1-5H3,(H,21,24)/t15-,16-/m0/s1. The van der Waals surface area contributed by atoms with Gasteiger partial charge in [-0.3, -0.25) is 19.2 Å². The van der Waals surface area contributed by atoms with Gasteiger partial charge in [-0.2, -0.15) is 0 Å². The van der Waals surface area contributed by atoms with Crippen molar-refractivity contribution in [2.75, 3.05) is 10.6 Å². The average molecular weight is 420 g/mol. The molecule has 2 rings (SSSR count). The lowest BCUT2D eigenvalue weighted by atomic mass is 10.0. The molecule has 2 aromatic carbocycles. The van der Waals surface area contributed by atoms with Crippen LogP contribution in [0.1, 0.15) is 36.6 Å². The summed E-state index contributed by atoms with van der Waals surface area (Å²) in [7, 11) is -3.87. The van der Waals surface area contributed by atoms with Crippen LogP contribution in [0.2, 0.25) is 0 Å². The van der Waals surface area contributed by atoms with Gasteiger partial charge in [0, 0.05) is 12.1 Å². The summed E-state index contributed by atoms with van der Waals surface area (Å²) in [6, 6.07) is 9.61. The largest absolute Gasteiger partial charge is 0.348 e. The molecule has 8 nitrogen and oxygen atoms in total. The van der Waals surface area contributed by atoms with Gasteiger partial charge in [-0.25, -0.2) is 8.42 Å². The highest BCUT2D eigenvalue weighted by Crippen LogP contribution is 2.26. The summed E-state index contributed by atoms with van der Waals surface area (Å²) in [4.78, 5) is 23.2. The first-order valence-electron chi connectivity index (χ1n) is 9.03. The zero-order chi connectivity index (χ0) is 21.9. The van der Waals surface area contributed by atoms with Crippen LogP contribution in [0, 0.1) is 24.0 Å². The van der Waals surface area contributed by atoms with Gasteiger partial charge in [0.25, 0.3) is 5.69 Å². The molecule has 0 aliphatic rings. The van der Waals surface area contributed by atoms with Crippen LogP contribution in [0.3, 0.4) is 0 Å². The zero-order valence-corrected chi connectivity index (χ0v) is 17.9. The Morgan fingerprint density at radius 1 is 1.10 bits per heavy atom. The second kappa shape index (κ2) is 8.60. The molecule has 29 heavy (non-hydrogen) atoms. The fraction of sp³-hybridized carbons (Fsp3) is 0.350. The maximum absolute atomic E-state index is 12.8. The summed E-state index contributed by atoms with van der Waals surface area (Å²) in [5, 5.41) is 13.9. The van der Waals surface area contributed by atoms with Crippen molar-refractivity contribution in [3.8, 4) is 0 Å². The van der Waals surface area contributed by atoms with Crippen LogP contribution in [0.15, 0.2) is 42.5 Å².